The second-order valence-corrected chi connectivity index (χ2v) is 3.02. The molecule has 0 fully saturated rings. The minimum Gasteiger partial charge on any atom is -0.366 e. The van der Waals surface area contributed by atoms with Gasteiger partial charge < -0.3 is 5.73 Å². The third kappa shape index (κ3) is 2.20. The van der Waals surface area contributed by atoms with Gasteiger partial charge in [0.05, 0.1) is 16.1 Å². The Morgan fingerprint density at radius 2 is 1.87 bits per heavy atom. The van der Waals surface area contributed by atoms with Crippen LogP contribution in [-0.4, -0.2) is 5.91 Å². The standard InChI is InChI=1S/C8H4ClF4NO/c9-6-4(10)2-1-3(8(11,12)13)5(6)7(14)15/h1-2H,(H2,14,15). The van der Waals surface area contributed by atoms with E-state index in [1.165, 1.54) is 0 Å². The van der Waals surface area contributed by atoms with Crippen molar-refractivity contribution in [3.63, 3.8) is 0 Å². The van der Waals surface area contributed by atoms with Crippen LogP contribution in [0.3, 0.4) is 0 Å². The Hall–Kier alpha value is -1.30. The molecule has 0 unspecified atom stereocenters. The van der Waals surface area contributed by atoms with Crippen molar-refractivity contribution in [2.45, 2.75) is 6.18 Å². The Morgan fingerprint density at radius 1 is 1.33 bits per heavy atom. The minimum atomic E-state index is -4.80. The van der Waals surface area contributed by atoms with Gasteiger partial charge in [-0.2, -0.15) is 13.2 Å². The zero-order chi connectivity index (χ0) is 11.8. The molecule has 0 aliphatic rings. The molecule has 0 radical (unpaired) electrons. The molecule has 1 aromatic carbocycles. The van der Waals surface area contributed by atoms with Gasteiger partial charge in [0.1, 0.15) is 5.82 Å². The maximum absolute atomic E-state index is 12.8. The van der Waals surface area contributed by atoms with Gasteiger partial charge in [0.25, 0.3) is 5.91 Å². The molecular weight excluding hydrogens is 238 g/mol. The van der Waals surface area contributed by atoms with Gasteiger partial charge in [0.15, 0.2) is 0 Å². The van der Waals surface area contributed by atoms with Gasteiger partial charge in [0, 0.05) is 0 Å². The summed E-state index contributed by atoms with van der Waals surface area (Å²) in [6.45, 7) is 0. The molecular formula is C8H4ClF4NO. The Bertz CT molecular complexity index is 416. The van der Waals surface area contributed by atoms with Crippen LogP contribution in [0.4, 0.5) is 17.6 Å². The lowest BCUT2D eigenvalue weighted by molar-refractivity contribution is -0.137. The molecule has 15 heavy (non-hydrogen) atoms. The van der Waals surface area contributed by atoms with E-state index < -0.39 is 34.1 Å². The number of carbonyl (C=O) groups excluding carboxylic acids is 1. The summed E-state index contributed by atoms with van der Waals surface area (Å²) in [6.07, 6.45) is -4.80. The predicted octanol–water partition coefficient (Wildman–Crippen LogP) is 2.60. The molecule has 0 aliphatic carbocycles. The van der Waals surface area contributed by atoms with E-state index in [0.29, 0.717) is 12.1 Å². The maximum atomic E-state index is 12.8. The number of carbonyl (C=O) groups is 1. The highest BCUT2D eigenvalue weighted by atomic mass is 35.5. The molecule has 1 aromatic rings. The molecule has 0 saturated carbocycles. The van der Waals surface area contributed by atoms with Crippen molar-refractivity contribution in [2.75, 3.05) is 0 Å². The van der Waals surface area contributed by atoms with Gasteiger partial charge in [-0.25, -0.2) is 4.39 Å². The number of nitrogens with two attached hydrogens (primary N) is 1. The van der Waals surface area contributed by atoms with Crippen LogP contribution >= 0.6 is 11.6 Å². The van der Waals surface area contributed by atoms with Crippen molar-refractivity contribution in [1.82, 2.24) is 0 Å². The van der Waals surface area contributed by atoms with Gasteiger partial charge >= 0.3 is 6.18 Å². The third-order valence-corrected chi connectivity index (χ3v) is 2.02. The van der Waals surface area contributed by atoms with Crippen molar-refractivity contribution in [1.29, 1.82) is 0 Å². The van der Waals surface area contributed by atoms with E-state index in [-0.39, 0.29) is 0 Å². The molecule has 1 amide bonds. The zero-order valence-electron chi connectivity index (χ0n) is 7.03. The highest BCUT2D eigenvalue weighted by Gasteiger charge is 2.36. The molecule has 0 saturated heterocycles. The number of hydrogen-bond acceptors (Lipinski definition) is 1. The summed E-state index contributed by atoms with van der Waals surface area (Å²) in [4.78, 5) is 10.7. The number of benzene rings is 1. The summed E-state index contributed by atoms with van der Waals surface area (Å²) in [7, 11) is 0. The first kappa shape index (κ1) is 11.8. The molecule has 0 heterocycles. The summed E-state index contributed by atoms with van der Waals surface area (Å²) in [5.74, 6) is -2.55. The van der Waals surface area contributed by atoms with Crippen LogP contribution in [0.1, 0.15) is 15.9 Å². The quantitative estimate of drug-likeness (QED) is 0.755. The van der Waals surface area contributed by atoms with E-state index in [1.54, 1.807) is 0 Å². The maximum Gasteiger partial charge on any atom is 0.417 e. The number of alkyl halides is 3. The largest absolute Gasteiger partial charge is 0.417 e. The van der Waals surface area contributed by atoms with Gasteiger partial charge in [-0.15, -0.1) is 0 Å². The van der Waals surface area contributed by atoms with Crippen molar-refractivity contribution < 1.29 is 22.4 Å². The summed E-state index contributed by atoms with van der Waals surface area (Å²) >= 11 is 5.22. The molecule has 2 nitrogen and oxygen atoms in total. The first-order valence-corrected chi connectivity index (χ1v) is 3.98. The highest BCUT2D eigenvalue weighted by molar-refractivity contribution is 6.34. The Labute approximate surface area is 86.6 Å². The predicted molar refractivity (Wildman–Crippen MR) is 44.9 cm³/mol. The zero-order valence-corrected chi connectivity index (χ0v) is 7.79. The van der Waals surface area contributed by atoms with Crippen LogP contribution in [0.15, 0.2) is 12.1 Å². The van der Waals surface area contributed by atoms with E-state index in [2.05, 4.69) is 0 Å². The lowest BCUT2D eigenvalue weighted by Crippen LogP contribution is -2.20. The third-order valence-electron chi connectivity index (χ3n) is 1.65. The van der Waals surface area contributed by atoms with Gasteiger partial charge in [-0.3, -0.25) is 4.79 Å². The molecule has 82 valence electrons. The van der Waals surface area contributed by atoms with Crippen molar-refractivity contribution in [3.05, 3.63) is 34.1 Å². The Kier molecular flexibility index (Phi) is 2.90. The van der Waals surface area contributed by atoms with Gasteiger partial charge in [-0.1, -0.05) is 11.6 Å². The second-order valence-electron chi connectivity index (χ2n) is 2.65. The summed E-state index contributed by atoms with van der Waals surface area (Å²) < 4.78 is 49.8. The number of hydrogen-bond donors (Lipinski definition) is 1. The normalized spacial score (nSPS) is 11.5. The van der Waals surface area contributed by atoms with Crippen LogP contribution in [0.5, 0.6) is 0 Å². The van der Waals surface area contributed by atoms with Crippen LogP contribution in [0, 0.1) is 5.82 Å². The Balaban J connectivity index is 3.55. The van der Waals surface area contributed by atoms with Crippen LogP contribution < -0.4 is 5.73 Å². The topological polar surface area (TPSA) is 43.1 Å². The van der Waals surface area contributed by atoms with Crippen LogP contribution in [-0.2, 0) is 6.18 Å². The SMILES string of the molecule is NC(=O)c1c(C(F)(F)F)ccc(F)c1Cl. The molecule has 2 N–H and O–H groups in total. The van der Waals surface area contributed by atoms with Crippen LogP contribution in [0.2, 0.25) is 5.02 Å². The first-order valence-electron chi connectivity index (χ1n) is 3.60. The van der Waals surface area contributed by atoms with E-state index >= 15 is 0 Å². The summed E-state index contributed by atoms with van der Waals surface area (Å²) in [6, 6.07) is 0.943. The molecule has 0 aliphatic heterocycles. The fourth-order valence-corrected chi connectivity index (χ4v) is 1.29. The number of primary amides is 1. The first-order chi connectivity index (χ1) is 6.75. The molecule has 7 heteroatoms. The second kappa shape index (κ2) is 3.69. The molecule has 0 bridgehead atoms. The average molecular weight is 242 g/mol. The average Bonchev–Trinajstić information content (AvgIpc) is 2.06. The number of rotatable bonds is 1. The highest BCUT2D eigenvalue weighted by Crippen LogP contribution is 2.35. The monoisotopic (exact) mass is 241 g/mol. The smallest absolute Gasteiger partial charge is 0.366 e. The van der Waals surface area contributed by atoms with E-state index in [4.69, 9.17) is 17.3 Å². The van der Waals surface area contributed by atoms with Gasteiger partial charge in [0.2, 0.25) is 0 Å². The van der Waals surface area contributed by atoms with E-state index in [1.807, 2.05) is 0 Å². The minimum absolute atomic E-state index is 0.418. The lowest BCUT2D eigenvalue weighted by Gasteiger charge is -2.11. The number of halogens is 5. The fourth-order valence-electron chi connectivity index (χ4n) is 1.03. The van der Waals surface area contributed by atoms with Crippen LogP contribution in [0.25, 0.3) is 0 Å². The van der Waals surface area contributed by atoms with E-state index in [9.17, 15) is 22.4 Å². The fraction of sp³-hybridized carbons (Fsp3) is 0.125. The Morgan fingerprint density at radius 3 is 2.27 bits per heavy atom. The van der Waals surface area contributed by atoms with Crippen molar-refractivity contribution >= 4 is 17.5 Å². The molecule has 0 atom stereocenters. The molecule has 0 spiro atoms. The molecule has 0 aromatic heterocycles. The number of amides is 1. The van der Waals surface area contributed by atoms with Crippen molar-refractivity contribution in [3.8, 4) is 0 Å². The summed E-state index contributed by atoms with van der Waals surface area (Å²) in [5, 5.41) is -0.919. The van der Waals surface area contributed by atoms with Gasteiger partial charge in [-0.05, 0) is 12.1 Å². The van der Waals surface area contributed by atoms with Crippen molar-refractivity contribution in [2.24, 2.45) is 5.73 Å². The lowest BCUT2D eigenvalue weighted by atomic mass is 10.1. The summed E-state index contributed by atoms with van der Waals surface area (Å²) in [5.41, 5.74) is 2.29. The molecule has 1 rings (SSSR count). The van der Waals surface area contributed by atoms with E-state index in [0.717, 1.165) is 0 Å².